The zero-order chi connectivity index (χ0) is 13.9. The van der Waals surface area contributed by atoms with Crippen LogP contribution >= 0.6 is 0 Å². The summed E-state index contributed by atoms with van der Waals surface area (Å²) in [5.74, 6) is 0.742. The van der Waals surface area contributed by atoms with Gasteiger partial charge in [-0.1, -0.05) is 13.0 Å². The Labute approximate surface area is 119 Å². The van der Waals surface area contributed by atoms with Gasteiger partial charge in [-0.15, -0.1) is 0 Å². The number of ether oxygens (including phenoxy) is 1. The van der Waals surface area contributed by atoms with Crippen molar-refractivity contribution < 1.29 is 9.53 Å². The maximum absolute atomic E-state index is 12.2. The van der Waals surface area contributed by atoms with E-state index >= 15 is 0 Å². The Balaban J connectivity index is 1.70. The van der Waals surface area contributed by atoms with Crippen LogP contribution in [0.5, 0.6) is 5.75 Å². The summed E-state index contributed by atoms with van der Waals surface area (Å²) in [4.78, 5) is 14.4. The van der Waals surface area contributed by atoms with Gasteiger partial charge in [-0.2, -0.15) is 0 Å². The van der Waals surface area contributed by atoms with Gasteiger partial charge >= 0.3 is 0 Å². The lowest BCUT2D eigenvalue weighted by Gasteiger charge is -2.33. The van der Waals surface area contributed by atoms with Gasteiger partial charge in [0.05, 0.1) is 5.69 Å². The van der Waals surface area contributed by atoms with E-state index in [1.165, 1.54) is 5.56 Å². The lowest BCUT2D eigenvalue weighted by atomic mass is 10.1. The maximum atomic E-state index is 12.2. The number of fused-ring (bicyclic) bond motifs is 1. The highest BCUT2D eigenvalue weighted by atomic mass is 16.5. The molecule has 0 aromatic heterocycles. The molecule has 1 saturated heterocycles. The minimum absolute atomic E-state index is 0.0377. The number of carbonyl (C=O) groups excluding carboxylic acids is 1. The predicted molar refractivity (Wildman–Crippen MR) is 78.2 cm³/mol. The lowest BCUT2D eigenvalue weighted by molar-refractivity contribution is -0.124. The van der Waals surface area contributed by atoms with E-state index in [2.05, 4.69) is 28.5 Å². The summed E-state index contributed by atoms with van der Waals surface area (Å²) < 4.78 is 5.87. The second kappa shape index (κ2) is 5.81. The van der Waals surface area contributed by atoms with Crippen LogP contribution in [0, 0.1) is 0 Å². The van der Waals surface area contributed by atoms with Crippen molar-refractivity contribution in [3.05, 3.63) is 23.8 Å². The monoisotopic (exact) mass is 275 g/mol. The van der Waals surface area contributed by atoms with Crippen LogP contribution in [0.2, 0.25) is 0 Å². The van der Waals surface area contributed by atoms with Gasteiger partial charge in [-0.05, 0) is 24.1 Å². The summed E-state index contributed by atoms with van der Waals surface area (Å²) in [5.41, 5.74) is 2.00. The molecule has 108 valence electrons. The number of rotatable bonds is 3. The van der Waals surface area contributed by atoms with Crippen LogP contribution in [0.4, 0.5) is 5.69 Å². The molecule has 0 bridgehead atoms. The molecule has 1 aromatic carbocycles. The number of nitrogens with zero attached hydrogens (tertiary/aromatic N) is 1. The molecular formula is C15H21N3O2. The molecule has 1 aromatic rings. The summed E-state index contributed by atoms with van der Waals surface area (Å²) in [6.45, 7) is 6.64. The van der Waals surface area contributed by atoms with E-state index < -0.39 is 6.10 Å². The molecule has 1 fully saturated rings. The summed E-state index contributed by atoms with van der Waals surface area (Å²) in [6.07, 6.45) is 0.543. The van der Waals surface area contributed by atoms with E-state index in [0.29, 0.717) is 6.54 Å². The van der Waals surface area contributed by atoms with Crippen LogP contribution in [0.3, 0.4) is 0 Å². The highest BCUT2D eigenvalue weighted by Gasteiger charge is 2.29. The van der Waals surface area contributed by atoms with Crippen molar-refractivity contribution in [1.29, 1.82) is 0 Å². The number of hydrogen-bond acceptors (Lipinski definition) is 4. The summed E-state index contributed by atoms with van der Waals surface area (Å²) in [7, 11) is 0. The molecule has 0 aliphatic carbocycles. The zero-order valence-electron chi connectivity index (χ0n) is 11.8. The van der Waals surface area contributed by atoms with Crippen LogP contribution in [0.25, 0.3) is 0 Å². The molecule has 1 amide bonds. The van der Waals surface area contributed by atoms with Crippen molar-refractivity contribution >= 4 is 11.6 Å². The van der Waals surface area contributed by atoms with Crippen LogP contribution in [0.15, 0.2) is 18.2 Å². The van der Waals surface area contributed by atoms with E-state index in [4.69, 9.17) is 4.74 Å². The molecule has 1 atom stereocenters. The Kier molecular flexibility index (Phi) is 3.89. The molecule has 2 aliphatic heterocycles. The number of nitrogens with one attached hydrogen (secondary N) is 2. The largest absolute Gasteiger partial charge is 0.477 e. The highest BCUT2D eigenvalue weighted by Crippen LogP contribution is 2.30. The first-order valence-corrected chi connectivity index (χ1v) is 7.30. The fourth-order valence-electron chi connectivity index (χ4n) is 2.67. The number of aryl methyl sites for hydroxylation is 1. The van der Waals surface area contributed by atoms with Gasteiger partial charge in [0.25, 0.3) is 5.91 Å². The molecule has 20 heavy (non-hydrogen) atoms. The fraction of sp³-hybridized carbons (Fsp3) is 0.533. The smallest absolute Gasteiger partial charge is 0.266 e. The Morgan fingerprint density at radius 1 is 1.35 bits per heavy atom. The van der Waals surface area contributed by atoms with E-state index in [-0.39, 0.29) is 5.91 Å². The van der Waals surface area contributed by atoms with Crippen molar-refractivity contribution in [2.75, 3.05) is 38.0 Å². The van der Waals surface area contributed by atoms with Gasteiger partial charge in [0.1, 0.15) is 5.75 Å². The Morgan fingerprint density at radius 3 is 2.90 bits per heavy atom. The summed E-state index contributed by atoms with van der Waals surface area (Å²) >= 11 is 0. The van der Waals surface area contributed by atoms with E-state index in [1.54, 1.807) is 0 Å². The molecule has 5 heteroatoms. The Morgan fingerprint density at radius 2 is 2.15 bits per heavy atom. The Bertz CT molecular complexity index is 498. The average Bonchev–Trinajstić information content (AvgIpc) is 2.48. The average molecular weight is 275 g/mol. The van der Waals surface area contributed by atoms with Crippen molar-refractivity contribution in [3.63, 3.8) is 0 Å². The van der Waals surface area contributed by atoms with Gasteiger partial charge in [0.2, 0.25) is 0 Å². The van der Waals surface area contributed by atoms with Crippen LogP contribution in [-0.2, 0) is 11.2 Å². The van der Waals surface area contributed by atoms with Crippen molar-refractivity contribution in [3.8, 4) is 5.75 Å². The molecule has 1 unspecified atom stereocenters. The van der Waals surface area contributed by atoms with Crippen molar-refractivity contribution in [1.82, 2.24) is 10.2 Å². The first kappa shape index (κ1) is 13.4. The molecule has 3 rings (SSSR count). The zero-order valence-corrected chi connectivity index (χ0v) is 11.8. The SMILES string of the molecule is CCc1ccc2c(c1)NC(=O)C(CN1CCNCC1)O2. The molecule has 2 N–H and O–H groups in total. The third-order valence-corrected chi connectivity index (χ3v) is 3.91. The molecule has 5 nitrogen and oxygen atoms in total. The number of benzene rings is 1. The van der Waals surface area contributed by atoms with Crippen molar-refractivity contribution in [2.24, 2.45) is 0 Å². The maximum Gasteiger partial charge on any atom is 0.266 e. The standard InChI is InChI=1S/C15H21N3O2/c1-2-11-3-4-13-12(9-11)17-15(19)14(20-13)10-18-7-5-16-6-8-18/h3-4,9,14,16H,2,5-8,10H2,1H3,(H,17,19). The first-order valence-electron chi connectivity index (χ1n) is 7.30. The van der Waals surface area contributed by atoms with Crippen LogP contribution in [0.1, 0.15) is 12.5 Å². The molecule has 0 saturated carbocycles. The van der Waals surface area contributed by atoms with E-state index in [1.807, 2.05) is 12.1 Å². The molecule has 2 aliphatic rings. The summed E-state index contributed by atoms with van der Waals surface area (Å²) in [5, 5.41) is 6.28. The minimum Gasteiger partial charge on any atom is -0.477 e. The number of hydrogen-bond donors (Lipinski definition) is 2. The third kappa shape index (κ3) is 2.78. The fourth-order valence-corrected chi connectivity index (χ4v) is 2.67. The van der Waals surface area contributed by atoms with E-state index in [0.717, 1.165) is 44.0 Å². The molecule has 2 heterocycles. The van der Waals surface area contributed by atoms with E-state index in [9.17, 15) is 4.79 Å². The highest BCUT2D eigenvalue weighted by molar-refractivity contribution is 5.98. The second-order valence-corrected chi connectivity index (χ2v) is 5.33. The van der Waals surface area contributed by atoms with Crippen LogP contribution in [-0.4, -0.2) is 49.6 Å². The molecule has 0 radical (unpaired) electrons. The third-order valence-electron chi connectivity index (χ3n) is 3.91. The summed E-state index contributed by atoms with van der Waals surface area (Å²) in [6, 6.07) is 6.00. The van der Waals surface area contributed by atoms with Gasteiger partial charge in [0, 0.05) is 32.7 Å². The first-order chi connectivity index (χ1) is 9.76. The quantitative estimate of drug-likeness (QED) is 0.859. The van der Waals surface area contributed by atoms with Gasteiger partial charge in [-0.3, -0.25) is 9.69 Å². The number of anilines is 1. The number of amides is 1. The van der Waals surface area contributed by atoms with Gasteiger partial charge in [-0.25, -0.2) is 0 Å². The Hall–Kier alpha value is -1.59. The van der Waals surface area contributed by atoms with Crippen LogP contribution < -0.4 is 15.4 Å². The van der Waals surface area contributed by atoms with Gasteiger partial charge in [0.15, 0.2) is 6.10 Å². The lowest BCUT2D eigenvalue weighted by Crippen LogP contribution is -2.51. The topological polar surface area (TPSA) is 53.6 Å². The van der Waals surface area contributed by atoms with Gasteiger partial charge < -0.3 is 15.4 Å². The normalized spacial score (nSPS) is 22.9. The molecular weight excluding hydrogens is 254 g/mol. The predicted octanol–water partition coefficient (Wildman–Crippen LogP) is 0.854. The number of piperazine rings is 1. The molecule has 0 spiro atoms. The number of carbonyl (C=O) groups is 1. The minimum atomic E-state index is -0.409. The van der Waals surface area contributed by atoms with Crippen molar-refractivity contribution in [2.45, 2.75) is 19.4 Å². The second-order valence-electron chi connectivity index (χ2n) is 5.33.